The zero-order valence-corrected chi connectivity index (χ0v) is 23.5. The first kappa shape index (κ1) is 27.1. The first-order valence-electron chi connectivity index (χ1n) is 13.4. The Balaban J connectivity index is 1.68. The van der Waals surface area contributed by atoms with Crippen LogP contribution in [0.3, 0.4) is 0 Å². The third kappa shape index (κ3) is 4.96. The molecule has 3 N–H and O–H groups in total. The number of para-hydroxylation sites is 1. The van der Waals surface area contributed by atoms with Gasteiger partial charge >= 0.3 is 0 Å². The largest absolute Gasteiger partial charge is 0.491 e. The second-order valence-corrected chi connectivity index (χ2v) is 10.1. The maximum Gasteiger partial charge on any atom is 0.261 e. The number of aliphatic hydroxyl groups excluding tert-OH is 1. The number of furan rings is 1. The summed E-state index contributed by atoms with van der Waals surface area (Å²) in [6, 6.07) is 17.3. The number of nitrogens with two attached hydrogens (primary N) is 1. The van der Waals surface area contributed by atoms with Crippen LogP contribution >= 0.6 is 0 Å². The maximum absolute atomic E-state index is 13.2. The topological polar surface area (TPSA) is 99.9 Å². The number of ether oxygens (including phenoxy) is 2. The Labute approximate surface area is 233 Å². The Kier molecular flexibility index (Phi) is 7.41. The monoisotopic (exact) mass is 538 g/mol. The maximum atomic E-state index is 13.2. The number of aliphatic hydroxyl groups is 1. The number of rotatable bonds is 8. The zero-order valence-electron chi connectivity index (χ0n) is 23.5. The first-order valence-corrected chi connectivity index (χ1v) is 13.4. The molecule has 0 saturated heterocycles. The van der Waals surface area contributed by atoms with Crippen molar-refractivity contribution in [2.45, 2.75) is 34.1 Å². The normalized spacial score (nSPS) is 11.2. The van der Waals surface area contributed by atoms with Crippen LogP contribution in [0, 0.1) is 20.8 Å². The number of aryl methyl sites for hydroxylation is 5. The number of pyridine rings is 1. The number of hydrogen-bond acceptors (Lipinski definition) is 6. The Hall–Kier alpha value is -4.49. The molecule has 3 aromatic carbocycles. The summed E-state index contributed by atoms with van der Waals surface area (Å²) in [5.74, 6) is 2.73. The summed E-state index contributed by atoms with van der Waals surface area (Å²) in [6.45, 7) is 8.18. The third-order valence-electron chi connectivity index (χ3n) is 7.11. The summed E-state index contributed by atoms with van der Waals surface area (Å²) in [5, 5.41) is 9.62. The molecule has 0 spiro atoms. The van der Waals surface area contributed by atoms with Crippen LogP contribution in [0.5, 0.6) is 17.2 Å². The summed E-state index contributed by atoms with van der Waals surface area (Å²) in [7, 11) is 1.73. The van der Waals surface area contributed by atoms with Gasteiger partial charge in [0, 0.05) is 35.6 Å². The van der Waals surface area contributed by atoms with Gasteiger partial charge in [-0.2, -0.15) is 0 Å². The van der Waals surface area contributed by atoms with Crippen LogP contribution in [0.1, 0.15) is 29.2 Å². The molecule has 40 heavy (non-hydrogen) atoms. The second-order valence-electron chi connectivity index (χ2n) is 10.1. The molecule has 7 heteroatoms. The minimum absolute atomic E-state index is 0.0599. The summed E-state index contributed by atoms with van der Waals surface area (Å²) < 4.78 is 20.2. The van der Waals surface area contributed by atoms with Gasteiger partial charge in [-0.3, -0.25) is 4.79 Å². The summed E-state index contributed by atoms with van der Waals surface area (Å²) in [4.78, 5) is 13.2. The predicted octanol–water partition coefficient (Wildman–Crippen LogP) is 6.70. The third-order valence-corrected chi connectivity index (χ3v) is 7.11. The average molecular weight is 539 g/mol. The lowest BCUT2D eigenvalue weighted by Gasteiger charge is -2.17. The van der Waals surface area contributed by atoms with E-state index < -0.39 is 0 Å². The number of aromatic nitrogens is 1. The van der Waals surface area contributed by atoms with Crippen LogP contribution in [-0.4, -0.2) is 22.9 Å². The lowest BCUT2D eigenvalue weighted by molar-refractivity contribution is 0.200. The SMILES string of the molecule is CCc1cccc(C)c1Oc1ccc(N)cc1-c1cn(C)c(=O)c2cc(-c3cc(C)c(OCCO)c(C)c3)oc12. The van der Waals surface area contributed by atoms with E-state index in [1.165, 1.54) is 0 Å². The molecular formula is C33H34N2O5. The van der Waals surface area contributed by atoms with Gasteiger partial charge in [0.2, 0.25) is 0 Å². The average Bonchev–Trinajstić information content (AvgIpc) is 3.38. The zero-order chi connectivity index (χ0) is 28.6. The highest BCUT2D eigenvalue weighted by atomic mass is 16.5. The lowest BCUT2D eigenvalue weighted by atomic mass is 10.0. The van der Waals surface area contributed by atoms with Gasteiger partial charge in [-0.25, -0.2) is 0 Å². The van der Waals surface area contributed by atoms with Gasteiger partial charge in [0.15, 0.2) is 0 Å². The van der Waals surface area contributed by atoms with Crippen molar-refractivity contribution in [3.8, 4) is 39.7 Å². The fraction of sp³-hybridized carbons (Fsp3) is 0.242. The number of hydrogen-bond donors (Lipinski definition) is 2. The lowest BCUT2D eigenvalue weighted by Crippen LogP contribution is -2.15. The van der Waals surface area contributed by atoms with Crippen molar-refractivity contribution < 1.29 is 19.0 Å². The van der Waals surface area contributed by atoms with Gasteiger partial charge in [-0.15, -0.1) is 0 Å². The smallest absolute Gasteiger partial charge is 0.261 e. The van der Waals surface area contributed by atoms with Crippen LogP contribution in [0.25, 0.3) is 33.4 Å². The number of benzene rings is 3. The molecule has 2 aromatic heterocycles. The van der Waals surface area contributed by atoms with Crippen LogP contribution in [0.4, 0.5) is 5.69 Å². The van der Waals surface area contributed by atoms with Gasteiger partial charge in [0.1, 0.15) is 35.2 Å². The van der Waals surface area contributed by atoms with Crippen LogP contribution in [0.15, 0.2) is 70.0 Å². The molecule has 0 fully saturated rings. The van der Waals surface area contributed by atoms with Crippen LogP contribution < -0.4 is 20.8 Å². The second kappa shape index (κ2) is 10.9. The predicted molar refractivity (Wildman–Crippen MR) is 159 cm³/mol. The van der Waals surface area contributed by atoms with Gasteiger partial charge in [0.25, 0.3) is 5.56 Å². The van der Waals surface area contributed by atoms with Crippen molar-refractivity contribution in [2.24, 2.45) is 7.05 Å². The highest BCUT2D eigenvalue weighted by molar-refractivity contribution is 5.96. The van der Waals surface area contributed by atoms with E-state index in [4.69, 9.17) is 24.7 Å². The molecule has 0 aliphatic heterocycles. The van der Waals surface area contributed by atoms with E-state index in [1.807, 2.05) is 57.2 Å². The van der Waals surface area contributed by atoms with E-state index in [2.05, 4.69) is 13.0 Å². The van der Waals surface area contributed by atoms with Crippen molar-refractivity contribution in [1.82, 2.24) is 4.57 Å². The molecule has 5 rings (SSSR count). The van der Waals surface area contributed by atoms with E-state index in [0.29, 0.717) is 33.7 Å². The molecule has 5 aromatic rings. The molecule has 0 saturated carbocycles. The van der Waals surface area contributed by atoms with Crippen molar-refractivity contribution in [3.63, 3.8) is 0 Å². The van der Waals surface area contributed by atoms with Gasteiger partial charge in [0.05, 0.1) is 12.0 Å². The van der Waals surface area contributed by atoms with E-state index in [9.17, 15) is 4.79 Å². The molecule has 0 aliphatic rings. The van der Waals surface area contributed by atoms with Crippen LogP contribution in [-0.2, 0) is 13.5 Å². The fourth-order valence-electron chi connectivity index (χ4n) is 5.15. The fourth-order valence-corrected chi connectivity index (χ4v) is 5.15. The van der Waals surface area contributed by atoms with Crippen LogP contribution in [0.2, 0.25) is 0 Å². The van der Waals surface area contributed by atoms with E-state index in [0.717, 1.165) is 51.3 Å². The highest BCUT2D eigenvalue weighted by Gasteiger charge is 2.21. The molecule has 2 heterocycles. The molecule has 0 unspecified atom stereocenters. The van der Waals surface area contributed by atoms with Gasteiger partial charge in [-0.1, -0.05) is 25.1 Å². The molecule has 0 bridgehead atoms. The number of anilines is 1. The van der Waals surface area contributed by atoms with Gasteiger partial charge in [-0.05, 0) is 85.8 Å². The van der Waals surface area contributed by atoms with Gasteiger partial charge < -0.3 is 29.3 Å². The molecule has 206 valence electrons. The Morgan fingerprint density at radius 1 is 0.950 bits per heavy atom. The number of nitrogens with zero attached hydrogens (tertiary/aromatic N) is 1. The van der Waals surface area contributed by atoms with E-state index in [1.54, 1.807) is 29.9 Å². The van der Waals surface area contributed by atoms with Crippen molar-refractivity contribution >= 4 is 16.7 Å². The molecule has 7 nitrogen and oxygen atoms in total. The Morgan fingerprint density at radius 3 is 2.40 bits per heavy atom. The Morgan fingerprint density at radius 2 is 1.70 bits per heavy atom. The van der Waals surface area contributed by atoms with E-state index in [-0.39, 0.29) is 18.8 Å². The minimum Gasteiger partial charge on any atom is -0.491 e. The van der Waals surface area contributed by atoms with Crippen molar-refractivity contribution in [1.29, 1.82) is 0 Å². The summed E-state index contributed by atoms with van der Waals surface area (Å²) in [6.07, 6.45) is 2.59. The molecule has 0 atom stereocenters. The molecular weight excluding hydrogens is 504 g/mol. The highest BCUT2D eigenvalue weighted by Crippen LogP contribution is 2.41. The quantitative estimate of drug-likeness (QED) is 0.213. The van der Waals surface area contributed by atoms with Crippen molar-refractivity contribution in [2.75, 3.05) is 18.9 Å². The number of nitrogen functional groups attached to an aromatic ring is 1. The minimum atomic E-state index is -0.163. The molecule has 0 amide bonds. The standard InChI is InChI=1S/C33H34N2O5/c1-6-22-9-7-8-19(2)31(22)39-28-11-10-24(34)16-25(28)27-18-35(5)33(37)26-17-29(40-32(26)27)23-14-20(3)30(21(4)15-23)38-13-12-36/h7-11,14-18,36H,6,12-13,34H2,1-5H3. The summed E-state index contributed by atoms with van der Waals surface area (Å²) >= 11 is 0. The number of fused-ring (bicyclic) bond motifs is 1. The molecule has 0 radical (unpaired) electrons. The van der Waals surface area contributed by atoms with Crippen molar-refractivity contribution in [3.05, 3.63) is 93.4 Å². The van der Waals surface area contributed by atoms with E-state index >= 15 is 0 Å². The first-order chi connectivity index (χ1) is 19.2. The Bertz CT molecular complexity index is 1760. The summed E-state index contributed by atoms with van der Waals surface area (Å²) in [5.41, 5.74) is 13.3. The molecule has 0 aliphatic carbocycles.